The zero-order valence-electron chi connectivity index (χ0n) is 18.9. The molecule has 0 aliphatic rings. The molecule has 5 unspecified atom stereocenters. The molecule has 7 heteroatoms. The Balaban J connectivity index is 3.83. The minimum Gasteiger partial charge on any atom is -0.389 e. The van der Waals surface area contributed by atoms with Crippen LogP contribution < -0.4 is 5.73 Å². The number of rotatable bonds is 19. The molecule has 180 valence electrons. The van der Waals surface area contributed by atoms with Crippen LogP contribution in [0.1, 0.15) is 71.1 Å². The summed E-state index contributed by atoms with van der Waals surface area (Å²) in [5.41, 5.74) is 5.18. The van der Waals surface area contributed by atoms with E-state index >= 15 is 0 Å². The number of carbonyl (C=O) groups is 1. The molecule has 0 rings (SSSR count). The Morgan fingerprint density at radius 2 is 1.29 bits per heavy atom. The normalized spacial score (nSPS) is 17.4. The largest absolute Gasteiger partial charge is 0.389 e. The molecular formula is C24H43NO6. The van der Waals surface area contributed by atoms with Gasteiger partial charge in [-0.3, -0.25) is 4.79 Å². The number of nitrogens with two attached hydrogens (primary N) is 1. The van der Waals surface area contributed by atoms with Crippen molar-refractivity contribution in [1.29, 1.82) is 0 Å². The number of aliphatic hydroxyl groups is 5. The van der Waals surface area contributed by atoms with Gasteiger partial charge < -0.3 is 31.3 Å². The Labute approximate surface area is 187 Å². The maximum Gasteiger partial charge on any atom is 0.164 e. The van der Waals surface area contributed by atoms with Crippen LogP contribution in [0.15, 0.2) is 36.5 Å². The van der Waals surface area contributed by atoms with E-state index in [0.717, 1.165) is 51.4 Å². The lowest BCUT2D eigenvalue weighted by atomic mass is 9.95. The smallest absolute Gasteiger partial charge is 0.164 e. The first-order chi connectivity index (χ1) is 14.9. The maximum absolute atomic E-state index is 12.0. The van der Waals surface area contributed by atoms with E-state index in [1.54, 1.807) is 0 Å². The van der Waals surface area contributed by atoms with Gasteiger partial charge in [0.2, 0.25) is 0 Å². The quantitative estimate of drug-likeness (QED) is 0.133. The number of hydrogen-bond acceptors (Lipinski definition) is 7. The van der Waals surface area contributed by atoms with E-state index in [1.807, 2.05) is 0 Å². The Bertz CT molecular complexity index is 534. The van der Waals surface area contributed by atoms with Crippen molar-refractivity contribution >= 4 is 5.78 Å². The van der Waals surface area contributed by atoms with Crippen LogP contribution >= 0.6 is 0 Å². The fraction of sp³-hybridized carbons (Fsp3) is 0.708. The lowest BCUT2D eigenvalue weighted by Crippen LogP contribution is -2.52. The molecule has 7 N–H and O–H groups in total. The molecule has 0 heterocycles. The van der Waals surface area contributed by atoms with E-state index in [0.29, 0.717) is 6.42 Å². The van der Waals surface area contributed by atoms with Crippen LogP contribution in [0.5, 0.6) is 0 Å². The van der Waals surface area contributed by atoms with E-state index in [4.69, 9.17) is 5.73 Å². The average molecular weight is 442 g/mol. The van der Waals surface area contributed by atoms with Crippen molar-refractivity contribution in [1.82, 2.24) is 0 Å². The third-order valence-corrected chi connectivity index (χ3v) is 5.06. The summed E-state index contributed by atoms with van der Waals surface area (Å²) in [6.45, 7) is 1.80. The summed E-state index contributed by atoms with van der Waals surface area (Å²) in [4.78, 5) is 12.0. The Hall–Kier alpha value is -1.35. The minimum absolute atomic E-state index is 0.0835. The lowest BCUT2D eigenvalue weighted by molar-refractivity contribution is -0.152. The van der Waals surface area contributed by atoms with Crippen LogP contribution in [-0.4, -0.2) is 68.4 Å². The number of aliphatic hydroxyl groups excluding tert-OH is 5. The first kappa shape index (κ1) is 29.7. The molecule has 7 nitrogen and oxygen atoms in total. The second kappa shape index (κ2) is 19.3. The Morgan fingerprint density at radius 1 is 0.742 bits per heavy atom. The summed E-state index contributed by atoms with van der Waals surface area (Å²) in [6.07, 6.45) is 12.9. The van der Waals surface area contributed by atoms with Gasteiger partial charge >= 0.3 is 0 Å². The van der Waals surface area contributed by atoms with E-state index < -0.39 is 36.3 Å². The summed E-state index contributed by atoms with van der Waals surface area (Å²) < 4.78 is 0. The molecule has 0 aromatic heterocycles. The Morgan fingerprint density at radius 3 is 1.90 bits per heavy atom. The second-order valence-corrected chi connectivity index (χ2v) is 7.79. The zero-order valence-corrected chi connectivity index (χ0v) is 18.9. The van der Waals surface area contributed by atoms with Crippen molar-refractivity contribution in [2.24, 2.45) is 5.73 Å². The highest BCUT2D eigenvalue weighted by Gasteiger charge is 2.36. The van der Waals surface area contributed by atoms with Gasteiger partial charge in [-0.05, 0) is 38.5 Å². The monoisotopic (exact) mass is 441 g/mol. The first-order valence-corrected chi connectivity index (χ1v) is 11.4. The molecule has 0 spiro atoms. The molecule has 0 fully saturated rings. The summed E-state index contributed by atoms with van der Waals surface area (Å²) in [5, 5.41) is 48.5. The van der Waals surface area contributed by atoms with Crippen molar-refractivity contribution in [2.45, 2.75) is 102 Å². The second-order valence-electron chi connectivity index (χ2n) is 7.79. The first-order valence-electron chi connectivity index (χ1n) is 11.4. The van der Waals surface area contributed by atoms with Crippen molar-refractivity contribution < 1.29 is 30.3 Å². The number of allylic oxidation sites excluding steroid dienone is 6. The number of ketones is 1. The van der Waals surface area contributed by atoms with Crippen molar-refractivity contribution in [3.63, 3.8) is 0 Å². The van der Waals surface area contributed by atoms with Gasteiger partial charge in [-0.15, -0.1) is 0 Å². The van der Waals surface area contributed by atoms with E-state index in [1.165, 1.54) is 0 Å². The summed E-state index contributed by atoms with van der Waals surface area (Å²) in [7, 11) is 0. The number of hydrogen-bond donors (Lipinski definition) is 6. The highest BCUT2D eigenvalue weighted by Crippen LogP contribution is 2.13. The van der Waals surface area contributed by atoms with Crippen LogP contribution in [-0.2, 0) is 4.79 Å². The minimum atomic E-state index is -1.88. The molecule has 0 amide bonds. The fourth-order valence-corrected chi connectivity index (χ4v) is 3.01. The summed E-state index contributed by atoms with van der Waals surface area (Å²) >= 11 is 0. The van der Waals surface area contributed by atoms with Gasteiger partial charge in [0.05, 0.1) is 6.10 Å². The van der Waals surface area contributed by atoms with Gasteiger partial charge in [0, 0.05) is 13.0 Å². The molecule has 0 aliphatic heterocycles. The third-order valence-electron chi connectivity index (χ3n) is 5.06. The summed E-state index contributed by atoms with van der Waals surface area (Å²) in [6, 6.07) is 0. The fourth-order valence-electron chi connectivity index (χ4n) is 3.01. The van der Waals surface area contributed by atoms with Gasteiger partial charge in [0.15, 0.2) is 5.78 Å². The van der Waals surface area contributed by atoms with E-state index in [9.17, 15) is 30.3 Å². The van der Waals surface area contributed by atoms with Crippen molar-refractivity contribution in [2.75, 3.05) is 6.54 Å². The Kier molecular flexibility index (Phi) is 18.5. The van der Waals surface area contributed by atoms with E-state index in [-0.39, 0.29) is 13.0 Å². The van der Waals surface area contributed by atoms with Crippen molar-refractivity contribution in [3.8, 4) is 0 Å². The number of unbranched alkanes of at least 4 members (excludes halogenated alkanes) is 5. The van der Waals surface area contributed by atoms with Crippen LogP contribution in [0, 0.1) is 0 Å². The van der Waals surface area contributed by atoms with Gasteiger partial charge in [0.1, 0.15) is 24.4 Å². The molecule has 0 saturated carbocycles. The molecule has 0 aromatic carbocycles. The average Bonchev–Trinajstić information content (AvgIpc) is 2.78. The standard InChI is InChI=1S/C24H43NO6/c1-2-3-4-5-6-7-8-9-10-11-12-13-14-15-16-17-19(26)21(28)23(30)24(31)22(29)20(27)18-25/h3-4,6-7,9-10,20-24,27-31H,2,5,8,11-18,25H2,1H3/b4-3-,7-6-,10-9-. The van der Waals surface area contributed by atoms with Crippen LogP contribution in [0.4, 0.5) is 0 Å². The highest BCUT2D eigenvalue weighted by molar-refractivity contribution is 5.83. The molecule has 0 bridgehead atoms. The molecule has 0 aromatic rings. The molecule has 0 radical (unpaired) electrons. The predicted octanol–water partition coefficient (Wildman–Crippen LogP) is 1.91. The van der Waals surface area contributed by atoms with Gasteiger partial charge in [-0.25, -0.2) is 0 Å². The van der Waals surface area contributed by atoms with Crippen LogP contribution in [0.2, 0.25) is 0 Å². The highest BCUT2D eigenvalue weighted by atomic mass is 16.4. The third kappa shape index (κ3) is 14.4. The molecule has 0 saturated heterocycles. The zero-order chi connectivity index (χ0) is 23.5. The SMILES string of the molecule is CC/C=C\C/C=C\C/C=C\CCCCCCCC(=O)C(O)C(O)C(O)C(O)C(O)CN. The van der Waals surface area contributed by atoms with E-state index in [2.05, 4.69) is 43.4 Å². The maximum atomic E-state index is 12.0. The van der Waals surface area contributed by atoms with Crippen molar-refractivity contribution in [3.05, 3.63) is 36.5 Å². The number of carbonyl (C=O) groups excluding carboxylic acids is 1. The molecule has 5 atom stereocenters. The van der Waals surface area contributed by atoms with Crippen LogP contribution in [0.3, 0.4) is 0 Å². The molecular weight excluding hydrogens is 398 g/mol. The topological polar surface area (TPSA) is 144 Å². The summed E-state index contributed by atoms with van der Waals surface area (Å²) in [5.74, 6) is -0.595. The van der Waals surface area contributed by atoms with Gasteiger partial charge in [-0.1, -0.05) is 62.6 Å². The van der Waals surface area contributed by atoms with Gasteiger partial charge in [0.25, 0.3) is 0 Å². The molecule has 0 aliphatic carbocycles. The number of Topliss-reactive ketones (excluding diaryl/α,β-unsaturated/α-hetero) is 1. The van der Waals surface area contributed by atoms with Gasteiger partial charge in [-0.2, -0.15) is 0 Å². The van der Waals surface area contributed by atoms with Crippen LogP contribution in [0.25, 0.3) is 0 Å². The predicted molar refractivity (Wildman–Crippen MR) is 123 cm³/mol. The lowest BCUT2D eigenvalue weighted by Gasteiger charge is -2.28. The molecule has 31 heavy (non-hydrogen) atoms.